The summed E-state index contributed by atoms with van der Waals surface area (Å²) in [6.45, 7) is 2.15. The molecule has 2 heterocycles. The Bertz CT molecular complexity index is 766. The zero-order valence-electron chi connectivity index (χ0n) is 12.6. The Morgan fingerprint density at radius 3 is 2.67 bits per heavy atom. The number of nitriles is 1. The molecule has 1 aromatic heterocycles. The maximum atomic E-state index is 9.18. The molecule has 0 amide bonds. The predicted molar refractivity (Wildman–Crippen MR) is 98.3 cm³/mol. The Kier molecular flexibility index (Phi) is 5.85. The molecule has 0 unspecified atom stereocenters. The summed E-state index contributed by atoms with van der Waals surface area (Å²) in [4.78, 5) is 2.15. The number of piperidine rings is 1. The van der Waals surface area contributed by atoms with Crippen LogP contribution in [-0.2, 0) is 11.3 Å². The van der Waals surface area contributed by atoms with Gasteiger partial charge in [-0.2, -0.15) is 9.64 Å². The molecule has 0 bridgehead atoms. The van der Waals surface area contributed by atoms with Gasteiger partial charge in [-0.1, -0.05) is 40.9 Å². The number of nitrogens with zero attached hydrogens (tertiary/aromatic N) is 3. The lowest BCUT2D eigenvalue weighted by atomic mass is 10.1. The van der Waals surface area contributed by atoms with Crippen LogP contribution in [0.25, 0.3) is 0 Å². The summed E-state index contributed by atoms with van der Waals surface area (Å²) in [6, 6.07) is 7.66. The van der Waals surface area contributed by atoms with Gasteiger partial charge in [-0.25, -0.2) is 0 Å². The van der Waals surface area contributed by atoms with Gasteiger partial charge in [0, 0.05) is 13.1 Å². The van der Waals surface area contributed by atoms with E-state index < -0.39 is 0 Å². The van der Waals surface area contributed by atoms with Crippen LogP contribution in [0.15, 0.2) is 18.2 Å². The molecular formula is C16H14Cl3N3OS. The van der Waals surface area contributed by atoms with Crippen LogP contribution in [-0.4, -0.2) is 23.6 Å². The lowest BCUT2D eigenvalue weighted by molar-refractivity contribution is 0.0252. The number of aromatic nitrogens is 1. The van der Waals surface area contributed by atoms with Crippen molar-refractivity contribution >= 4 is 51.3 Å². The molecule has 2 aromatic rings. The van der Waals surface area contributed by atoms with E-state index in [0.29, 0.717) is 22.2 Å². The summed E-state index contributed by atoms with van der Waals surface area (Å²) in [6.07, 6.45) is 1.97. The molecule has 1 aliphatic rings. The first kappa shape index (κ1) is 17.8. The van der Waals surface area contributed by atoms with Crippen molar-refractivity contribution in [2.45, 2.75) is 25.6 Å². The Morgan fingerprint density at radius 2 is 2.00 bits per heavy atom. The van der Waals surface area contributed by atoms with E-state index in [1.54, 1.807) is 6.07 Å². The highest BCUT2D eigenvalue weighted by Gasteiger charge is 2.24. The van der Waals surface area contributed by atoms with Crippen molar-refractivity contribution in [1.29, 1.82) is 5.26 Å². The third-order valence-electron chi connectivity index (χ3n) is 3.94. The van der Waals surface area contributed by atoms with Crippen LogP contribution < -0.4 is 4.90 Å². The molecule has 0 spiro atoms. The van der Waals surface area contributed by atoms with Crippen molar-refractivity contribution < 1.29 is 4.74 Å². The second kappa shape index (κ2) is 7.90. The second-order valence-electron chi connectivity index (χ2n) is 5.51. The highest BCUT2D eigenvalue weighted by atomic mass is 35.5. The summed E-state index contributed by atoms with van der Waals surface area (Å²) in [5.41, 5.74) is 1.48. The summed E-state index contributed by atoms with van der Waals surface area (Å²) in [7, 11) is 0. The molecule has 0 saturated carbocycles. The van der Waals surface area contributed by atoms with Crippen LogP contribution >= 0.6 is 46.3 Å². The van der Waals surface area contributed by atoms with Crippen molar-refractivity contribution in [2.75, 3.05) is 18.0 Å². The fourth-order valence-electron chi connectivity index (χ4n) is 2.64. The normalized spacial score (nSPS) is 15.5. The third kappa shape index (κ3) is 3.96. The van der Waals surface area contributed by atoms with Crippen molar-refractivity contribution in [2.24, 2.45) is 0 Å². The third-order valence-corrected chi connectivity index (χ3v) is 5.97. The number of benzene rings is 1. The Morgan fingerprint density at radius 1 is 1.25 bits per heavy atom. The van der Waals surface area contributed by atoms with E-state index in [-0.39, 0.29) is 11.3 Å². The minimum Gasteiger partial charge on any atom is -0.373 e. The molecule has 126 valence electrons. The van der Waals surface area contributed by atoms with Gasteiger partial charge < -0.3 is 9.64 Å². The molecule has 0 aliphatic carbocycles. The van der Waals surface area contributed by atoms with E-state index in [4.69, 9.17) is 39.5 Å². The van der Waals surface area contributed by atoms with Crippen LogP contribution in [0.3, 0.4) is 0 Å². The number of hydrogen-bond acceptors (Lipinski definition) is 5. The quantitative estimate of drug-likeness (QED) is 0.708. The molecule has 8 heteroatoms. The van der Waals surface area contributed by atoms with Crippen LogP contribution in [0.1, 0.15) is 24.0 Å². The zero-order valence-corrected chi connectivity index (χ0v) is 15.7. The molecule has 1 aliphatic heterocycles. The average Bonchev–Trinajstić information content (AvgIpc) is 2.97. The van der Waals surface area contributed by atoms with Crippen LogP contribution in [0.5, 0.6) is 0 Å². The Balaban J connectivity index is 1.53. The van der Waals surface area contributed by atoms with Gasteiger partial charge >= 0.3 is 0 Å². The molecule has 4 nitrogen and oxygen atoms in total. The van der Waals surface area contributed by atoms with Gasteiger partial charge in [-0.05, 0) is 42.1 Å². The standard InChI is InChI=1S/C16H14Cl3N3OS/c17-13-2-1-10(7-14(13)18)9-23-11-3-5-22(6-4-11)16-12(8-20)15(19)21-24-16/h1-2,7,11H,3-6,9H2. The van der Waals surface area contributed by atoms with E-state index in [9.17, 15) is 5.26 Å². The van der Waals surface area contributed by atoms with Gasteiger partial charge in [0.1, 0.15) is 16.6 Å². The monoisotopic (exact) mass is 401 g/mol. The maximum absolute atomic E-state index is 9.18. The van der Waals surface area contributed by atoms with Crippen LogP contribution in [0.4, 0.5) is 5.00 Å². The van der Waals surface area contributed by atoms with Gasteiger partial charge in [0.25, 0.3) is 0 Å². The van der Waals surface area contributed by atoms with Gasteiger partial charge in [0.2, 0.25) is 0 Å². The van der Waals surface area contributed by atoms with E-state index in [1.165, 1.54) is 11.5 Å². The topological polar surface area (TPSA) is 49.2 Å². The Hall–Kier alpha value is -1.03. The molecule has 1 fully saturated rings. The number of anilines is 1. The fourth-order valence-corrected chi connectivity index (χ4v) is 4.04. The molecule has 1 aromatic carbocycles. The minimum absolute atomic E-state index is 0.185. The smallest absolute Gasteiger partial charge is 0.162 e. The molecule has 0 N–H and O–H groups in total. The van der Waals surface area contributed by atoms with E-state index in [0.717, 1.165) is 36.5 Å². The first-order chi connectivity index (χ1) is 11.6. The van der Waals surface area contributed by atoms with Crippen LogP contribution in [0, 0.1) is 11.3 Å². The van der Waals surface area contributed by atoms with Crippen molar-refractivity contribution in [3.63, 3.8) is 0 Å². The molecular weight excluding hydrogens is 389 g/mol. The first-order valence-corrected chi connectivity index (χ1v) is 9.35. The first-order valence-electron chi connectivity index (χ1n) is 7.44. The fraction of sp³-hybridized carbons (Fsp3) is 0.375. The largest absolute Gasteiger partial charge is 0.373 e. The summed E-state index contributed by atoms with van der Waals surface area (Å²) < 4.78 is 10.0. The molecule has 0 atom stereocenters. The van der Waals surface area contributed by atoms with Gasteiger partial charge in [-0.15, -0.1) is 0 Å². The van der Waals surface area contributed by atoms with Crippen LogP contribution in [0.2, 0.25) is 15.2 Å². The highest BCUT2D eigenvalue weighted by Crippen LogP contribution is 2.33. The van der Waals surface area contributed by atoms with E-state index in [1.807, 2.05) is 12.1 Å². The van der Waals surface area contributed by atoms with E-state index in [2.05, 4.69) is 15.3 Å². The second-order valence-corrected chi connectivity index (χ2v) is 7.44. The van der Waals surface area contributed by atoms with Crippen molar-refractivity contribution in [3.8, 4) is 6.07 Å². The summed E-state index contributed by atoms with van der Waals surface area (Å²) in [5, 5.41) is 11.4. The number of hydrogen-bond donors (Lipinski definition) is 0. The lowest BCUT2D eigenvalue weighted by Gasteiger charge is -2.32. The van der Waals surface area contributed by atoms with Crippen molar-refractivity contribution in [1.82, 2.24) is 4.37 Å². The maximum Gasteiger partial charge on any atom is 0.162 e. The van der Waals surface area contributed by atoms with Gasteiger partial charge in [-0.3, -0.25) is 0 Å². The molecule has 3 rings (SSSR count). The van der Waals surface area contributed by atoms with Gasteiger partial charge in [0.15, 0.2) is 5.15 Å². The summed E-state index contributed by atoms with van der Waals surface area (Å²) >= 11 is 19.1. The molecule has 1 saturated heterocycles. The summed E-state index contributed by atoms with van der Waals surface area (Å²) in [5.74, 6) is 0. The highest BCUT2D eigenvalue weighted by molar-refractivity contribution is 7.10. The molecule has 24 heavy (non-hydrogen) atoms. The van der Waals surface area contributed by atoms with Gasteiger partial charge in [0.05, 0.1) is 22.8 Å². The minimum atomic E-state index is 0.185. The molecule has 0 radical (unpaired) electrons. The predicted octanol–water partition coefficient (Wildman–Crippen LogP) is 5.16. The number of halogens is 3. The lowest BCUT2D eigenvalue weighted by Crippen LogP contribution is -2.36. The van der Waals surface area contributed by atoms with E-state index >= 15 is 0 Å². The number of rotatable bonds is 4. The SMILES string of the molecule is N#Cc1c(Cl)nsc1N1CCC(OCc2ccc(Cl)c(Cl)c2)CC1. The zero-order chi connectivity index (χ0) is 17.1. The Labute approximate surface area is 159 Å². The average molecular weight is 403 g/mol. The number of ether oxygens (including phenoxy) is 1. The van der Waals surface area contributed by atoms with Crippen molar-refractivity contribution in [3.05, 3.63) is 44.5 Å².